The zero-order valence-electron chi connectivity index (χ0n) is 11.2. The van der Waals surface area contributed by atoms with Crippen LogP contribution in [-0.4, -0.2) is 0 Å². The number of rotatable bonds is 3. The highest BCUT2D eigenvalue weighted by atomic mass is 35.5. The lowest BCUT2D eigenvalue weighted by molar-refractivity contribution is 0.641. The third-order valence-electron chi connectivity index (χ3n) is 3.57. The van der Waals surface area contributed by atoms with Crippen LogP contribution in [0.3, 0.4) is 0 Å². The Balaban J connectivity index is 2.21. The maximum atomic E-state index is 6.32. The van der Waals surface area contributed by atoms with E-state index in [1.807, 2.05) is 30.3 Å². The predicted octanol–water partition coefficient (Wildman–Crippen LogP) is 4.70. The van der Waals surface area contributed by atoms with E-state index in [4.69, 9.17) is 29.0 Å². The SMILES string of the molecule is NNC(c1cc(Cl)ccc1Cl)c1cccc2ccccc12. The summed E-state index contributed by atoms with van der Waals surface area (Å²) in [4.78, 5) is 0. The molecular weight excluding hydrogens is 303 g/mol. The summed E-state index contributed by atoms with van der Waals surface area (Å²) < 4.78 is 0. The van der Waals surface area contributed by atoms with Gasteiger partial charge in [-0.15, -0.1) is 0 Å². The lowest BCUT2D eigenvalue weighted by atomic mass is 9.94. The van der Waals surface area contributed by atoms with Crippen LogP contribution in [0.1, 0.15) is 17.2 Å². The van der Waals surface area contributed by atoms with Crippen LogP contribution >= 0.6 is 23.2 Å². The smallest absolute Gasteiger partial charge is 0.0731 e. The Kier molecular flexibility index (Phi) is 4.13. The molecule has 0 bridgehead atoms. The van der Waals surface area contributed by atoms with E-state index < -0.39 is 0 Å². The van der Waals surface area contributed by atoms with E-state index >= 15 is 0 Å². The molecule has 4 heteroatoms. The number of benzene rings is 3. The van der Waals surface area contributed by atoms with Crippen LogP contribution in [0.5, 0.6) is 0 Å². The predicted molar refractivity (Wildman–Crippen MR) is 89.6 cm³/mol. The Morgan fingerprint density at radius 1 is 0.857 bits per heavy atom. The molecule has 1 unspecified atom stereocenters. The second kappa shape index (κ2) is 6.04. The summed E-state index contributed by atoms with van der Waals surface area (Å²) in [6.07, 6.45) is 0. The number of nitrogens with one attached hydrogen (secondary N) is 1. The molecular formula is C17H14Cl2N2. The average molecular weight is 317 g/mol. The summed E-state index contributed by atoms with van der Waals surface area (Å²) in [5, 5.41) is 3.57. The number of nitrogens with two attached hydrogens (primary N) is 1. The fourth-order valence-electron chi connectivity index (χ4n) is 2.59. The normalized spacial score (nSPS) is 12.5. The van der Waals surface area contributed by atoms with Crippen LogP contribution in [0, 0.1) is 0 Å². The zero-order chi connectivity index (χ0) is 14.8. The molecule has 0 radical (unpaired) electrons. The van der Waals surface area contributed by atoms with E-state index in [1.54, 1.807) is 12.1 Å². The molecule has 0 aliphatic carbocycles. The second-order valence-corrected chi connectivity index (χ2v) is 5.68. The molecule has 2 nitrogen and oxygen atoms in total. The second-order valence-electron chi connectivity index (χ2n) is 4.83. The van der Waals surface area contributed by atoms with Gasteiger partial charge in [0, 0.05) is 10.0 Å². The average Bonchev–Trinajstić information content (AvgIpc) is 2.51. The van der Waals surface area contributed by atoms with Gasteiger partial charge in [-0.25, -0.2) is 5.43 Å². The van der Waals surface area contributed by atoms with Gasteiger partial charge in [0.15, 0.2) is 0 Å². The van der Waals surface area contributed by atoms with E-state index in [2.05, 4.69) is 23.6 Å². The summed E-state index contributed by atoms with van der Waals surface area (Å²) in [6.45, 7) is 0. The van der Waals surface area contributed by atoms with Gasteiger partial charge in [0.1, 0.15) is 0 Å². The van der Waals surface area contributed by atoms with E-state index in [9.17, 15) is 0 Å². The Morgan fingerprint density at radius 3 is 2.43 bits per heavy atom. The topological polar surface area (TPSA) is 38.0 Å². The molecule has 3 aromatic carbocycles. The van der Waals surface area contributed by atoms with Crippen molar-refractivity contribution in [3.8, 4) is 0 Å². The van der Waals surface area contributed by atoms with Gasteiger partial charge >= 0.3 is 0 Å². The van der Waals surface area contributed by atoms with Gasteiger partial charge in [-0.2, -0.15) is 0 Å². The molecule has 0 saturated heterocycles. The largest absolute Gasteiger partial charge is 0.271 e. The zero-order valence-corrected chi connectivity index (χ0v) is 12.7. The summed E-state index contributed by atoms with van der Waals surface area (Å²) in [5.74, 6) is 5.80. The molecule has 0 amide bonds. The van der Waals surface area contributed by atoms with Gasteiger partial charge < -0.3 is 0 Å². The first-order chi connectivity index (χ1) is 10.2. The Hall–Kier alpha value is -1.58. The molecule has 0 aromatic heterocycles. The molecule has 21 heavy (non-hydrogen) atoms. The Morgan fingerprint density at radius 2 is 1.62 bits per heavy atom. The van der Waals surface area contributed by atoms with E-state index in [0.29, 0.717) is 10.0 Å². The van der Waals surface area contributed by atoms with Crippen molar-refractivity contribution in [2.24, 2.45) is 5.84 Å². The summed E-state index contributed by atoms with van der Waals surface area (Å²) in [5.41, 5.74) is 4.78. The van der Waals surface area contributed by atoms with E-state index in [0.717, 1.165) is 21.9 Å². The lowest BCUT2D eigenvalue weighted by Crippen LogP contribution is -2.29. The van der Waals surface area contributed by atoms with Crippen LogP contribution < -0.4 is 11.3 Å². The molecule has 0 spiro atoms. The van der Waals surface area contributed by atoms with Gasteiger partial charge in [0.05, 0.1) is 6.04 Å². The van der Waals surface area contributed by atoms with E-state index in [-0.39, 0.29) is 6.04 Å². The number of hydrogen-bond acceptors (Lipinski definition) is 2. The van der Waals surface area contributed by atoms with Gasteiger partial charge in [0.25, 0.3) is 0 Å². The van der Waals surface area contributed by atoms with Crippen LogP contribution in [-0.2, 0) is 0 Å². The molecule has 0 saturated carbocycles. The fraction of sp³-hybridized carbons (Fsp3) is 0.0588. The molecule has 0 aliphatic heterocycles. The quantitative estimate of drug-likeness (QED) is 0.543. The number of hydrogen-bond donors (Lipinski definition) is 2. The molecule has 3 N–H and O–H groups in total. The number of halogens is 2. The minimum absolute atomic E-state index is 0.220. The molecule has 0 fully saturated rings. The van der Waals surface area contributed by atoms with Crippen molar-refractivity contribution in [3.63, 3.8) is 0 Å². The molecule has 3 rings (SSSR count). The molecule has 0 aliphatic rings. The Bertz CT molecular complexity index is 781. The third-order valence-corrected chi connectivity index (χ3v) is 4.15. The Labute approximate surface area is 133 Å². The molecule has 3 aromatic rings. The summed E-state index contributed by atoms with van der Waals surface area (Å²) in [6, 6.07) is 19.5. The number of hydrazine groups is 1. The van der Waals surface area contributed by atoms with Gasteiger partial charge in [0.2, 0.25) is 0 Å². The molecule has 0 heterocycles. The van der Waals surface area contributed by atoms with Crippen molar-refractivity contribution in [1.82, 2.24) is 5.43 Å². The fourth-order valence-corrected chi connectivity index (χ4v) is 2.99. The maximum Gasteiger partial charge on any atom is 0.0731 e. The monoisotopic (exact) mass is 316 g/mol. The maximum absolute atomic E-state index is 6.32. The van der Waals surface area contributed by atoms with Crippen LogP contribution in [0.4, 0.5) is 0 Å². The first-order valence-electron chi connectivity index (χ1n) is 6.59. The van der Waals surface area contributed by atoms with Crippen molar-refractivity contribution in [1.29, 1.82) is 0 Å². The van der Waals surface area contributed by atoms with Crippen molar-refractivity contribution < 1.29 is 0 Å². The third kappa shape index (κ3) is 2.76. The molecule has 1 atom stereocenters. The lowest BCUT2D eigenvalue weighted by Gasteiger charge is -2.20. The first kappa shape index (κ1) is 14.4. The van der Waals surface area contributed by atoms with Crippen molar-refractivity contribution >= 4 is 34.0 Å². The standard InChI is InChI=1S/C17H14Cl2N2/c18-12-8-9-16(19)15(10-12)17(21-20)14-7-3-5-11-4-1-2-6-13(11)14/h1-10,17,21H,20H2. The highest BCUT2D eigenvalue weighted by Gasteiger charge is 2.18. The summed E-state index contributed by atoms with van der Waals surface area (Å²) in [7, 11) is 0. The highest BCUT2D eigenvalue weighted by molar-refractivity contribution is 6.33. The minimum atomic E-state index is -0.220. The number of fused-ring (bicyclic) bond motifs is 1. The molecule has 106 valence electrons. The van der Waals surface area contributed by atoms with Gasteiger partial charge in [-0.05, 0) is 40.1 Å². The van der Waals surface area contributed by atoms with Crippen molar-refractivity contribution in [2.75, 3.05) is 0 Å². The van der Waals surface area contributed by atoms with Gasteiger partial charge in [-0.1, -0.05) is 65.7 Å². The first-order valence-corrected chi connectivity index (χ1v) is 7.35. The van der Waals surface area contributed by atoms with Crippen LogP contribution in [0.2, 0.25) is 10.0 Å². The van der Waals surface area contributed by atoms with Crippen LogP contribution in [0.15, 0.2) is 60.7 Å². The van der Waals surface area contributed by atoms with E-state index in [1.165, 1.54) is 0 Å². The van der Waals surface area contributed by atoms with Crippen molar-refractivity contribution in [2.45, 2.75) is 6.04 Å². The van der Waals surface area contributed by atoms with Crippen molar-refractivity contribution in [3.05, 3.63) is 81.8 Å². The van der Waals surface area contributed by atoms with Gasteiger partial charge in [-0.3, -0.25) is 5.84 Å². The highest BCUT2D eigenvalue weighted by Crippen LogP contribution is 2.33. The minimum Gasteiger partial charge on any atom is -0.271 e. The van der Waals surface area contributed by atoms with Crippen LogP contribution in [0.25, 0.3) is 10.8 Å². The summed E-state index contributed by atoms with van der Waals surface area (Å²) >= 11 is 12.4.